The minimum absolute atomic E-state index is 0.110. The Morgan fingerprint density at radius 3 is 2.84 bits per heavy atom. The van der Waals surface area contributed by atoms with Gasteiger partial charge in [0.25, 0.3) is 5.91 Å². The first kappa shape index (κ1) is 13.4. The van der Waals surface area contributed by atoms with Crippen LogP contribution in [0.2, 0.25) is 0 Å². The number of benzene rings is 1. The lowest BCUT2D eigenvalue weighted by Gasteiger charge is -2.09. The van der Waals surface area contributed by atoms with Gasteiger partial charge in [0.1, 0.15) is 5.56 Å². The lowest BCUT2D eigenvalue weighted by atomic mass is 10.2. The van der Waals surface area contributed by atoms with Gasteiger partial charge in [0.15, 0.2) is 5.43 Å². The Labute approximate surface area is 115 Å². The van der Waals surface area contributed by atoms with E-state index in [9.17, 15) is 9.59 Å². The number of aromatic amines is 1. The number of H-pyrrole nitrogens is 1. The number of para-hydroxylation sites is 1. The van der Waals surface area contributed by atoms with Crippen molar-refractivity contribution in [2.24, 2.45) is 0 Å². The minimum Gasteiger partial charge on any atom is -0.367 e. The molecule has 0 bridgehead atoms. The molecule has 0 unspecified atom stereocenters. The van der Waals surface area contributed by atoms with Crippen molar-refractivity contribution in [3.63, 3.8) is 0 Å². The first-order chi connectivity index (χ1) is 9.22. The molecule has 0 fully saturated rings. The molecule has 2 aromatic rings. The highest BCUT2D eigenvalue weighted by molar-refractivity contribution is 7.99. The van der Waals surface area contributed by atoms with Gasteiger partial charge in [0, 0.05) is 23.4 Å². The van der Waals surface area contributed by atoms with Crippen molar-refractivity contribution < 1.29 is 4.79 Å². The van der Waals surface area contributed by atoms with Gasteiger partial charge >= 0.3 is 0 Å². The van der Waals surface area contributed by atoms with Gasteiger partial charge in [-0.3, -0.25) is 9.59 Å². The molecule has 0 saturated carbocycles. The average Bonchev–Trinajstić information content (AvgIpc) is 2.41. The molecule has 2 N–H and O–H groups in total. The Hall–Kier alpha value is -2.01. The van der Waals surface area contributed by atoms with E-state index in [1.54, 1.807) is 11.8 Å². The SMILES string of the molecule is CCSc1ccccc1NC(=O)c1c[nH]ccc1=O. The van der Waals surface area contributed by atoms with Gasteiger partial charge in [-0.2, -0.15) is 0 Å². The Morgan fingerprint density at radius 2 is 2.11 bits per heavy atom. The first-order valence-corrected chi connectivity index (χ1v) is 6.91. The molecular weight excluding hydrogens is 260 g/mol. The summed E-state index contributed by atoms with van der Waals surface area (Å²) < 4.78 is 0. The van der Waals surface area contributed by atoms with E-state index in [0.717, 1.165) is 16.3 Å². The second-order valence-electron chi connectivity index (χ2n) is 3.81. The number of anilines is 1. The summed E-state index contributed by atoms with van der Waals surface area (Å²) in [6.45, 7) is 2.05. The second-order valence-corrected chi connectivity index (χ2v) is 5.11. The van der Waals surface area contributed by atoms with Crippen molar-refractivity contribution in [3.05, 3.63) is 58.5 Å². The summed E-state index contributed by atoms with van der Waals surface area (Å²) in [5.41, 5.74) is 0.540. The van der Waals surface area contributed by atoms with Crippen LogP contribution < -0.4 is 10.7 Å². The summed E-state index contributed by atoms with van der Waals surface area (Å²) in [6.07, 6.45) is 2.91. The van der Waals surface area contributed by atoms with Crippen LogP contribution in [0.4, 0.5) is 5.69 Å². The van der Waals surface area contributed by atoms with E-state index in [0.29, 0.717) is 0 Å². The van der Waals surface area contributed by atoms with Gasteiger partial charge in [-0.05, 0) is 17.9 Å². The van der Waals surface area contributed by atoms with E-state index >= 15 is 0 Å². The fourth-order valence-corrected chi connectivity index (χ4v) is 2.39. The molecule has 0 radical (unpaired) electrons. The van der Waals surface area contributed by atoms with Crippen molar-refractivity contribution in [3.8, 4) is 0 Å². The molecular formula is C14H14N2O2S. The summed E-state index contributed by atoms with van der Waals surface area (Å²) in [5.74, 6) is 0.518. The zero-order valence-electron chi connectivity index (χ0n) is 10.5. The number of nitrogens with one attached hydrogen (secondary N) is 2. The number of rotatable bonds is 4. The molecule has 5 heteroatoms. The first-order valence-electron chi connectivity index (χ1n) is 5.92. The number of carbonyl (C=O) groups excluding carboxylic acids is 1. The molecule has 1 amide bonds. The van der Waals surface area contributed by atoms with Crippen LogP contribution in [0.25, 0.3) is 0 Å². The van der Waals surface area contributed by atoms with Gasteiger partial charge in [-0.15, -0.1) is 11.8 Å². The summed E-state index contributed by atoms with van der Waals surface area (Å²) >= 11 is 1.64. The Bertz CT molecular complexity index is 637. The van der Waals surface area contributed by atoms with Crippen LogP contribution in [-0.2, 0) is 0 Å². The van der Waals surface area contributed by atoms with Gasteiger partial charge in [-0.25, -0.2) is 0 Å². The van der Waals surface area contributed by atoms with Crippen LogP contribution in [-0.4, -0.2) is 16.6 Å². The molecule has 0 atom stereocenters. The molecule has 0 aliphatic rings. The average molecular weight is 274 g/mol. The highest BCUT2D eigenvalue weighted by Crippen LogP contribution is 2.26. The van der Waals surface area contributed by atoms with Gasteiger partial charge in [-0.1, -0.05) is 19.1 Å². The predicted octanol–water partition coefficient (Wildman–Crippen LogP) is 2.74. The topological polar surface area (TPSA) is 62.0 Å². The molecule has 2 rings (SSSR count). The normalized spacial score (nSPS) is 10.2. The van der Waals surface area contributed by atoms with Crippen molar-refractivity contribution in [1.29, 1.82) is 0 Å². The third kappa shape index (κ3) is 3.26. The fourth-order valence-electron chi connectivity index (χ4n) is 1.63. The molecule has 4 nitrogen and oxygen atoms in total. The van der Waals surface area contributed by atoms with Crippen molar-refractivity contribution in [2.45, 2.75) is 11.8 Å². The van der Waals surface area contributed by atoms with E-state index < -0.39 is 5.91 Å². The molecule has 19 heavy (non-hydrogen) atoms. The minimum atomic E-state index is -0.397. The Kier molecular flexibility index (Phi) is 4.41. The molecule has 0 saturated heterocycles. The lowest BCUT2D eigenvalue weighted by molar-refractivity contribution is 0.102. The fraction of sp³-hybridized carbons (Fsp3) is 0.143. The van der Waals surface area contributed by atoms with E-state index in [1.165, 1.54) is 18.5 Å². The summed E-state index contributed by atoms with van der Waals surface area (Å²) in [5, 5.41) is 2.77. The van der Waals surface area contributed by atoms with E-state index in [1.807, 2.05) is 31.2 Å². The molecule has 0 spiro atoms. The zero-order valence-corrected chi connectivity index (χ0v) is 11.3. The summed E-state index contributed by atoms with van der Waals surface area (Å²) in [4.78, 5) is 27.4. The third-order valence-electron chi connectivity index (χ3n) is 2.50. The van der Waals surface area contributed by atoms with Gasteiger partial charge in [0.2, 0.25) is 0 Å². The number of pyridine rings is 1. The van der Waals surface area contributed by atoms with E-state index in [-0.39, 0.29) is 11.0 Å². The molecule has 1 aromatic carbocycles. The van der Waals surface area contributed by atoms with Gasteiger partial charge < -0.3 is 10.3 Å². The number of thioether (sulfide) groups is 1. The summed E-state index contributed by atoms with van der Waals surface area (Å²) in [7, 11) is 0. The maximum atomic E-state index is 12.1. The van der Waals surface area contributed by atoms with Crippen LogP contribution >= 0.6 is 11.8 Å². The number of hydrogen-bond acceptors (Lipinski definition) is 3. The van der Waals surface area contributed by atoms with Crippen LogP contribution in [0.15, 0.2) is 52.4 Å². The van der Waals surface area contributed by atoms with Crippen LogP contribution in [0.3, 0.4) is 0 Å². The maximum absolute atomic E-state index is 12.1. The molecule has 0 aliphatic heterocycles. The molecule has 1 aromatic heterocycles. The quantitative estimate of drug-likeness (QED) is 0.843. The molecule has 0 aliphatic carbocycles. The number of amides is 1. The van der Waals surface area contributed by atoms with Crippen molar-refractivity contribution in [2.75, 3.05) is 11.1 Å². The van der Waals surface area contributed by atoms with Gasteiger partial charge in [0.05, 0.1) is 5.69 Å². The number of aromatic nitrogens is 1. The smallest absolute Gasteiger partial charge is 0.261 e. The van der Waals surface area contributed by atoms with Crippen LogP contribution in [0.1, 0.15) is 17.3 Å². The van der Waals surface area contributed by atoms with Crippen LogP contribution in [0.5, 0.6) is 0 Å². The van der Waals surface area contributed by atoms with Crippen LogP contribution in [0, 0.1) is 0 Å². The van der Waals surface area contributed by atoms with Crippen molar-refractivity contribution in [1.82, 2.24) is 4.98 Å². The Balaban J connectivity index is 2.25. The predicted molar refractivity (Wildman–Crippen MR) is 77.9 cm³/mol. The maximum Gasteiger partial charge on any atom is 0.261 e. The molecule has 1 heterocycles. The van der Waals surface area contributed by atoms with E-state index in [4.69, 9.17) is 0 Å². The highest BCUT2D eigenvalue weighted by atomic mass is 32.2. The monoisotopic (exact) mass is 274 g/mol. The summed E-state index contributed by atoms with van der Waals surface area (Å²) in [6, 6.07) is 8.88. The standard InChI is InChI=1S/C14H14N2O2S/c1-2-19-13-6-4-3-5-11(13)16-14(18)10-9-15-8-7-12(10)17/h3-9H,2H2,1H3,(H,15,17)(H,16,18). The highest BCUT2D eigenvalue weighted by Gasteiger charge is 2.11. The molecule has 98 valence electrons. The second kappa shape index (κ2) is 6.24. The largest absolute Gasteiger partial charge is 0.367 e. The number of carbonyl (C=O) groups is 1. The van der Waals surface area contributed by atoms with E-state index in [2.05, 4.69) is 10.3 Å². The number of hydrogen-bond donors (Lipinski definition) is 2. The zero-order chi connectivity index (χ0) is 13.7. The van der Waals surface area contributed by atoms with Crippen molar-refractivity contribution >= 4 is 23.4 Å². The lowest BCUT2D eigenvalue weighted by Crippen LogP contribution is -2.21. The Morgan fingerprint density at radius 1 is 1.32 bits per heavy atom. The third-order valence-corrected chi connectivity index (χ3v) is 3.46.